The van der Waals surface area contributed by atoms with Gasteiger partial charge >= 0.3 is 15.2 Å². The Hall–Kier alpha value is -1.00. The molecule has 144 valence electrons. The zero-order valence-electron chi connectivity index (χ0n) is 15.6. The smallest absolute Gasteiger partial charge is 0.305 e. The molecule has 0 aliphatic carbocycles. The topological polar surface area (TPSA) is 71.1 Å². The third kappa shape index (κ3) is 4.28. The Morgan fingerprint density at radius 1 is 0.615 bits per heavy atom. The van der Waals surface area contributed by atoms with Gasteiger partial charge in [-0.3, -0.25) is 9.13 Å². The number of rotatable bonds is 10. The second-order valence-electron chi connectivity index (χ2n) is 5.32. The SMILES string of the molecule is CCOP(=O)(OCC)c1cccc2c(P(=O)(OCC)OCC)cccc12. The molecule has 0 saturated carbocycles. The molecule has 2 aromatic carbocycles. The molecule has 0 radical (unpaired) electrons. The lowest BCUT2D eigenvalue weighted by atomic mass is 10.1. The van der Waals surface area contributed by atoms with Crippen LogP contribution < -0.4 is 10.6 Å². The first-order chi connectivity index (χ1) is 12.5. The zero-order chi connectivity index (χ0) is 19.2. The van der Waals surface area contributed by atoms with Crippen molar-refractivity contribution in [2.24, 2.45) is 0 Å². The van der Waals surface area contributed by atoms with Gasteiger partial charge in [0.1, 0.15) is 0 Å². The minimum Gasteiger partial charge on any atom is -0.305 e. The van der Waals surface area contributed by atoms with Crippen molar-refractivity contribution in [3.05, 3.63) is 36.4 Å². The van der Waals surface area contributed by atoms with Crippen LogP contribution in [0.1, 0.15) is 27.7 Å². The highest BCUT2D eigenvalue weighted by Gasteiger charge is 2.32. The van der Waals surface area contributed by atoms with Gasteiger partial charge in [0, 0.05) is 0 Å². The van der Waals surface area contributed by atoms with Gasteiger partial charge in [0.2, 0.25) is 0 Å². The van der Waals surface area contributed by atoms with Crippen LogP contribution in [0.4, 0.5) is 0 Å². The maximum absolute atomic E-state index is 13.3. The van der Waals surface area contributed by atoms with E-state index in [2.05, 4.69) is 0 Å². The van der Waals surface area contributed by atoms with Gasteiger partial charge in [-0.25, -0.2) is 0 Å². The van der Waals surface area contributed by atoms with Crippen molar-refractivity contribution in [3.8, 4) is 0 Å². The van der Waals surface area contributed by atoms with Crippen molar-refractivity contribution in [1.82, 2.24) is 0 Å². The normalized spacial score (nSPS) is 12.6. The van der Waals surface area contributed by atoms with Gasteiger partial charge in [0.15, 0.2) is 0 Å². The lowest BCUT2D eigenvalue weighted by Gasteiger charge is -2.22. The lowest BCUT2D eigenvalue weighted by molar-refractivity contribution is 0.229. The van der Waals surface area contributed by atoms with Gasteiger partial charge < -0.3 is 18.1 Å². The number of hydrogen-bond acceptors (Lipinski definition) is 6. The number of benzene rings is 2. The molecule has 0 spiro atoms. The third-order valence-electron chi connectivity index (χ3n) is 3.66. The monoisotopic (exact) mass is 400 g/mol. The highest BCUT2D eigenvalue weighted by molar-refractivity contribution is 7.63. The van der Waals surface area contributed by atoms with Gasteiger partial charge in [-0.05, 0) is 50.6 Å². The Morgan fingerprint density at radius 2 is 0.923 bits per heavy atom. The third-order valence-corrected chi connectivity index (χ3v) is 8.01. The Kier molecular flexibility index (Phi) is 7.60. The van der Waals surface area contributed by atoms with Crippen LogP contribution in [0.5, 0.6) is 0 Å². The molecule has 0 bridgehead atoms. The molecule has 2 aromatic rings. The van der Waals surface area contributed by atoms with Crippen molar-refractivity contribution >= 4 is 36.6 Å². The fourth-order valence-electron chi connectivity index (χ4n) is 2.79. The maximum atomic E-state index is 13.3. The summed E-state index contributed by atoms with van der Waals surface area (Å²) in [6.45, 7) is 8.07. The largest absolute Gasteiger partial charge is 0.361 e. The molecule has 0 amide bonds. The van der Waals surface area contributed by atoms with E-state index in [-0.39, 0.29) is 26.4 Å². The van der Waals surface area contributed by atoms with Crippen LogP contribution in [-0.4, -0.2) is 26.4 Å². The average molecular weight is 400 g/mol. The molecule has 0 fully saturated rings. The second kappa shape index (κ2) is 9.27. The molecule has 0 aliphatic rings. The molecule has 0 heterocycles. The summed E-state index contributed by atoms with van der Waals surface area (Å²) < 4.78 is 48.5. The first-order valence-electron chi connectivity index (χ1n) is 8.76. The summed E-state index contributed by atoms with van der Waals surface area (Å²) in [5.74, 6) is 0. The van der Waals surface area contributed by atoms with Crippen LogP contribution in [0, 0.1) is 0 Å². The molecule has 0 aromatic heterocycles. The summed E-state index contributed by atoms with van der Waals surface area (Å²) in [7, 11) is -6.98. The molecule has 26 heavy (non-hydrogen) atoms. The summed E-state index contributed by atoms with van der Waals surface area (Å²) in [6.07, 6.45) is 0. The van der Waals surface area contributed by atoms with E-state index in [1.807, 2.05) is 0 Å². The average Bonchev–Trinajstić information content (AvgIpc) is 2.61. The number of hydrogen-bond donors (Lipinski definition) is 0. The summed E-state index contributed by atoms with van der Waals surface area (Å²) in [5, 5.41) is 2.19. The molecule has 0 aliphatic heterocycles. The first kappa shape index (κ1) is 21.3. The molecule has 6 nitrogen and oxygen atoms in total. The van der Waals surface area contributed by atoms with Crippen LogP contribution in [0.15, 0.2) is 36.4 Å². The Balaban J connectivity index is 2.73. The Labute approximate surface area is 154 Å². The Morgan fingerprint density at radius 3 is 1.19 bits per heavy atom. The van der Waals surface area contributed by atoms with Crippen LogP contribution >= 0.6 is 15.2 Å². The minimum absolute atomic E-state index is 0.254. The van der Waals surface area contributed by atoms with E-state index in [1.54, 1.807) is 64.1 Å². The van der Waals surface area contributed by atoms with E-state index in [9.17, 15) is 9.13 Å². The van der Waals surface area contributed by atoms with Crippen LogP contribution in [-0.2, 0) is 27.2 Å². The van der Waals surface area contributed by atoms with E-state index in [1.165, 1.54) is 0 Å². The van der Waals surface area contributed by atoms with Gasteiger partial charge in [0.05, 0.1) is 37.0 Å². The fourth-order valence-corrected chi connectivity index (χ4v) is 6.37. The van der Waals surface area contributed by atoms with Crippen molar-refractivity contribution in [3.63, 3.8) is 0 Å². The van der Waals surface area contributed by atoms with E-state index in [0.717, 1.165) is 0 Å². The molecule has 0 N–H and O–H groups in total. The summed E-state index contributed by atoms with van der Waals surface area (Å²) in [4.78, 5) is 0. The highest BCUT2D eigenvalue weighted by atomic mass is 31.2. The van der Waals surface area contributed by atoms with Crippen molar-refractivity contribution in [2.75, 3.05) is 26.4 Å². The molecular formula is C18H26O6P2. The van der Waals surface area contributed by atoms with E-state index >= 15 is 0 Å². The lowest BCUT2D eigenvalue weighted by Crippen LogP contribution is -2.16. The molecule has 8 heteroatoms. The standard InChI is InChI=1S/C18H26O6P2/c1-5-21-25(19,22-6-2)17-13-9-12-16-15(17)11-10-14-18(16)26(20,23-7-3)24-8-4/h9-14H,5-8H2,1-4H3. The Bertz CT molecular complexity index is 746. The second-order valence-corrected chi connectivity index (χ2v) is 9.30. The van der Waals surface area contributed by atoms with E-state index in [4.69, 9.17) is 18.1 Å². The fraction of sp³-hybridized carbons (Fsp3) is 0.444. The van der Waals surface area contributed by atoms with Gasteiger partial charge in [-0.15, -0.1) is 0 Å². The predicted molar refractivity (Wildman–Crippen MR) is 105 cm³/mol. The zero-order valence-corrected chi connectivity index (χ0v) is 17.4. The molecular weight excluding hydrogens is 374 g/mol. The van der Waals surface area contributed by atoms with Gasteiger partial charge in [-0.2, -0.15) is 0 Å². The quantitative estimate of drug-likeness (QED) is 0.542. The minimum atomic E-state index is -3.49. The molecule has 0 saturated heterocycles. The first-order valence-corrected chi connectivity index (χ1v) is 11.8. The maximum Gasteiger partial charge on any atom is 0.361 e. The summed E-state index contributed by atoms with van der Waals surface area (Å²) in [6, 6.07) is 10.5. The number of fused-ring (bicyclic) bond motifs is 1. The van der Waals surface area contributed by atoms with Crippen LogP contribution in [0.25, 0.3) is 10.8 Å². The highest BCUT2D eigenvalue weighted by Crippen LogP contribution is 2.51. The summed E-state index contributed by atoms with van der Waals surface area (Å²) in [5.41, 5.74) is 0. The van der Waals surface area contributed by atoms with Crippen molar-refractivity contribution in [1.29, 1.82) is 0 Å². The van der Waals surface area contributed by atoms with Crippen LogP contribution in [0.2, 0.25) is 0 Å². The predicted octanol–water partition coefficient (Wildman–Crippen LogP) is 4.62. The summed E-state index contributed by atoms with van der Waals surface area (Å²) >= 11 is 0. The molecule has 0 atom stereocenters. The van der Waals surface area contributed by atoms with Crippen molar-refractivity contribution < 1.29 is 27.2 Å². The van der Waals surface area contributed by atoms with Crippen LogP contribution in [0.3, 0.4) is 0 Å². The van der Waals surface area contributed by atoms with Crippen molar-refractivity contribution in [2.45, 2.75) is 27.7 Å². The molecule has 0 unspecified atom stereocenters. The van der Waals surface area contributed by atoms with Gasteiger partial charge in [-0.1, -0.05) is 24.3 Å². The molecule has 2 rings (SSSR count). The van der Waals surface area contributed by atoms with Gasteiger partial charge in [0.25, 0.3) is 0 Å². The van der Waals surface area contributed by atoms with E-state index in [0.29, 0.717) is 21.4 Å². The van der Waals surface area contributed by atoms with E-state index < -0.39 is 15.2 Å².